The molecule has 0 bridgehead atoms. The van der Waals surface area contributed by atoms with Crippen LogP contribution in [0.3, 0.4) is 0 Å². The molecule has 1 aliphatic rings. The van der Waals surface area contributed by atoms with Crippen molar-refractivity contribution < 1.29 is 14.4 Å². The van der Waals surface area contributed by atoms with Crippen LogP contribution in [-0.2, 0) is 11.2 Å². The van der Waals surface area contributed by atoms with Gasteiger partial charge in [0.1, 0.15) is 0 Å². The van der Waals surface area contributed by atoms with Crippen molar-refractivity contribution in [1.82, 2.24) is 15.0 Å². The molecular weight excluding hydrogens is 234 g/mol. The normalized spacial score (nSPS) is 21.1. The summed E-state index contributed by atoms with van der Waals surface area (Å²) in [6.07, 6.45) is 3.80. The van der Waals surface area contributed by atoms with Crippen LogP contribution in [0.1, 0.15) is 50.4 Å². The molecule has 0 radical (unpaired) electrons. The molecule has 0 saturated carbocycles. The zero-order chi connectivity index (χ0) is 13.0. The maximum absolute atomic E-state index is 10.5. The van der Waals surface area contributed by atoms with E-state index in [1.165, 1.54) is 12.8 Å². The van der Waals surface area contributed by atoms with E-state index in [0.29, 0.717) is 18.1 Å². The molecule has 2 rings (SSSR count). The Morgan fingerprint density at radius 1 is 1.56 bits per heavy atom. The highest BCUT2D eigenvalue weighted by molar-refractivity contribution is 5.66. The molecule has 1 aromatic heterocycles. The first-order valence-corrected chi connectivity index (χ1v) is 6.49. The maximum Gasteiger partial charge on any atom is 0.303 e. The summed E-state index contributed by atoms with van der Waals surface area (Å²) in [7, 11) is 0. The molecular formula is C12H19N3O3. The Morgan fingerprint density at radius 3 is 3.11 bits per heavy atom. The molecule has 1 atom stereocenters. The third-order valence-corrected chi connectivity index (χ3v) is 3.35. The van der Waals surface area contributed by atoms with Crippen LogP contribution in [0.5, 0.6) is 0 Å². The van der Waals surface area contributed by atoms with Crippen LogP contribution >= 0.6 is 0 Å². The molecule has 1 aliphatic heterocycles. The maximum atomic E-state index is 10.5. The fourth-order valence-electron chi connectivity index (χ4n) is 2.37. The summed E-state index contributed by atoms with van der Waals surface area (Å²) in [6.45, 7) is 4.16. The van der Waals surface area contributed by atoms with E-state index in [-0.39, 0.29) is 12.5 Å². The highest BCUT2D eigenvalue weighted by Crippen LogP contribution is 2.29. The summed E-state index contributed by atoms with van der Waals surface area (Å²) >= 11 is 0. The second-order valence-electron chi connectivity index (χ2n) is 4.58. The van der Waals surface area contributed by atoms with Crippen LogP contribution in [-0.4, -0.2) is 39.2 Å². The van der Waals surface area contributed by atoms with Crippen molar-refractivity contribution in [3.8, 4) is 0 Å². The first kappa shape index (κ1) is 13.0. The third-order valence-electron chi connectivity index (χ3n) is 3.35. The van der Waals surface area contributed by atoms with Crippen molar-refractivity contribution >= 4 is 5.97 Å². The number of nitrogens with zero attached hydrogens (tertiary/aromatic N) is 3. The Labute approximate surface area is 106 Å². The predicted molar refractivity (Wildman–Crippen MR) is 64.1 cm³/mol. The van der Waals surface area contributed by atoms with Crippen molar-refractivity contribution in [3.63, 3.8) is 0 Å². The van der Waals surface area contributed by atoms with E-state index in [4.69, 9.17) is 9.63 Å². The summed E-state index contributed by atoms with van der Waals surface area (Å²) in [5.41, 5.74) is 0. The molecule has 1 N–H and O–H groups in total. The first-order valence-electron chi connectivity index (χ1n) is 6.49. The Kier molecular flexibility index (Phi) is 4.30. The average Bonchev–Trinajstić information content (AvgIpc) is 2.85. The van der Waals surface area contributed by atoms with Crippen molar-refractivity contribution in [3.05, 3.63) is 11.7 Å². The van der Waals surface area contributed by atoms with Crippen molar-refractivity contribution in [2.24, 2.45) is 0 Å². The van der Waals surface area contributed by atoms with Gasteiger partial charge in [-0.1, -0.05) is 18.5 Å². The Bertz CT molecular complexity index is 405. The van der Waals surface area contributed by atoms with E-state index < -0.39 is 5.97 Å². The molecule has 18 heavy (non-hydrogen) atoms. The van der Waals surface area contributed by atoms with Crippen molar-refractivity contribution in [1.29, 1.82) is 0 Å². The lowest BCUT2D eigenvalue weighted by atomic mass is 10.0. The summed E-state index contributed by atoms with van der Waals surface area (Å²) in [5.74, 6) is 0.292. The summed E-state index contributed by atoms with van der Waals surface area (Å²) in [4.78, 5) is 17.1. The lowest BCUT2D eigenvalue weighted by Gasteiger charge is -2.32. The molecule has 6 nitrogen and oxygen atoms in total. The summed E-state index contributed by atoms with van der Waals surface area (Å²) < 4.78 is 5.27. The van der Waals surface area contributed by atoms with Gasteiger partial charge in [0, 0.05) is 6.42 Å². The monoisotopic (exact) mass is 253 g/mol. The molecule has 1 saturated heterocycles. The Balaban J connectivity index is 2.01. The molecule has 1 fully saturated rings. The number of aromatic nitrogens is 2. The molecule has 0 spiro atoms. The van der Waals surface area contributed by atoms with Gasteiger partial charge in [-0.2, -0.15) is 4.98 Å². The van der Waals surface area contributed by atoms with Crippen LogP contribution in [0.2, 0.25) is 0 Å². The van der Waals surface area contributed by atoms with E-state index >= 15 is 0 Å². The fraction of sp³-hybridized carbons (Fsp3) is 0.750. The zero-order valence-electron chi connectivity index (χ0n) is 10.6. The topological polar surface area (TPSA) is 79.5 Å². The molecule has 1 unspecified atom stereocenters. The second-order valence-corrected chi connectivity index (χ2v) is 4.58. The highest BCUT2D eigenvalue weighted by Gasteiger charge is 2.27. The van der Waals surface area contributed by atoms with Crippen molar-refractivity contribution in [2.75, 3.05) is 13.1 Å². The van der Waals surface area contributed by atoms with E-state index in [9.17, 15) is 4.79 Å². The minimum atomic E-state index is -0.839. The Morgan fingerprint density at radius 2 is 2.39 bits per heavy atom. The fourth-order valence-corrected chi connectivity index (χ4v) is 2.37. The van der Waals surface area contributed by atoms with Gasteiger partial charge in [0.15, 0.2) is 5.82 Å². The number of carbonyl (C=O) groups is 1. The molecule has 0 aromatic carbocycles. The number of aryl methyl sites for hydroxylation is 1. The minimum Gasteiger partial charge on any atom is -0.481 e. The highest BCUT2D eigenvalue weighted by atomic mass is 16.5. The van der Waals surface area contributed by atoms with Gasteiger partial charge >= 0.3 is 5.97 Å². The van der Waals surface area contributed by atoms with Crippen LogP contribution in [0, 0.1) is 0 Å². The lowest BCUT2D eigenvalue weighted by molar-refractivity contribution is -0.137. The van der Waals surface area contributed by atoms with E-state index in [1.54, 1.807) is 0 Å². The lowest BCUT2D eigenvalue weighted by Crippen LogP contribution is -2.33. The van der Waals surface area contributed by atoms with E-state index in [0.717, 1.165) is 19.5 Å². The molecule has 100 valence electrons. The number of hydrogen-bond acceptors (Lipinski definition) is 5. The number of likely N-dealkylation sites (tertiary alicyclic amines) is 1. The molecule has 0 amide bonds. The summed E-state index contributed by atoms with van der Waals surface area (Å²) in [6, 6.07) is 0.204. The van der Waals surface area contributed by atoms with Gasteiger partial charge in [0.2, 0.25) is 5.89 Å². The zero-order valence-corrected chi connectivity index (χ0v) is 10.6. The van der Waals surface area contributed by atoms with E-state index in [2.05, 4.69) is 22.0 Å². The van der Waals surface area contributed by atoms with Crippen LogP contribution < -0.4 is 0 Å². The van der Waals surface area contributed by atoms with Gasteiger partial charge in [-0.15, -0.1) is 0 Å². The molecule has 2 heterocycles. The van der Waals surface area contributed by atoms with Gasteiger partial charge in [0.05, 0.1) is 12.5 Å². The average molecular weight is 253 g/mol. The number of rotatable bonds is 5. The van der Waals surface area contributed by atoms with Gasteiger partial charge in [-0.3, -0.25) is 9.69 Å². The smallest absolute Gasteiger partial charge is 0.303 e. The van der Waals surface area contributed by atoms with Crippen LogP contribution in [0.4, 0.5) is 0 Å². The van der Waals surface area contributed by atoms with Crippen LogP contribution in [0.15, 0.2) is 4.52 Å². The van der Waals surface area contributed by atoms with Crippen molar-refractivity contribution in [2.45, 2.75) is 45.1 Å². The van der Waals surface area contributed by atoms with Gasteiger partial charge in [-0.25, -0.2) is 0 Å². The summed E-state index contributed by atoms with van der Waals surface area (Å²) in [5, 5.41) is 12.5. The number of hydrogen-bond donors (Lipinski definition) is 1. The minimum absolute atomic E-state index is 0.0428. The third kappa shape index (κ3) is 3.07. The van der Waals surface area contributed by atoms with Gasteiger partial charge < -0.3 is 9.63 Å². The standard InChI is InChI=1S/C12H19N3O3/c1-2-15-8-4-3-5-9(15)12-13-10(14-18-12)6-7-11(16)17/h9H,2-8H2,1H3,(H,16,17). The predicted octanol–water partition coefficient (Wildman–Crippen LogP) is 1.63. The van der Waals surface area contributed by atoms with Crippen LogP contribution in [0.25, 0.3) is 0 Å². The van der Waals surface area contributed by atoms with Gasteiger partial charge in [-0.05, 0) is 25.9 Å². The largest absolute Gasteiger partial charge is 0.481 e. The Hall–Kier alpha value is -1.43. The molecule has 6 heteroatoms. The number of aliphatic carboxylic acids is 1. The molecule has 0 aliphatic carbocycles. The second kappa shape index (κ2) is 5.95. The SMILES string of the molecule is CCN1CCCCC1c1nc(CCC(=O)O)no1. The van der Waals surface area contributed by atoms with E-state index in [1.807, 2.05) is 0 Å². The number of carboxylic acid groups (broad SMARTS) is 1. The number of carboxylic acids is 1. The number of piperidine rings is 1. The first-order chi connectivity index (χ1) is 8.70. The molecule has 1 aromatic rings. The quantitative estimate of drug-likeness (QED) is 0.859. The van der Waals surface area contributed by atoms with Gasteiger partial charge in [0.25, 0.3) is 0 Å².